The first kappa shape index (κ1) is 14.1. The monoisotopic (exact) mass is 272 g/mol. The lowest BCUT2D eigenvalue weighted by Gasteiger charge is -2.17. The van der Waals surface area contributed by atoms with Gasteiger partial charge in [-0.15, -0.1) is 11.8 Å². The molecule has 0 bridgehead atoms. The van der Waals surface area contributed by atoms with Gasteiger partial charge in [0.15, 0.2) is 6.10 Å². The number of carbonyl (C=O) groups is 2. The summed E-state index contributed by atoms with van der Waals surface area (Å²) in [5.74, 6) is -0.308. The molecule has 0 aromatic heterocycles. The van der Waals surface area contributed by atoms with Crippen LogP contribution in [0.25, 0.3) is 0 Å². The Bertz CT molecular complexity index is 311. The summed E-state index contributed by atoms with van der Waals surface area (Å²) in [6, 6.07) is 0. The Balaban J connectivity index is 2.28. The highest BCUT2D eigenvalue weighted by molar-refractivity contribution is 8.00. The van der Waals surface area contributed by atoms with Crippen LogP contribution in [0, 0.1) is 0 Å². The van der Waals surface area contributed by atoms with Crippen molar-refractivity contribution >= 4 is 23.6 Å². The molecule has 2 amide bonds. The molecule has 1 fully saturated rings. The summed E-state index contributed by atoms with van der Waals surface area (Å²) >= 11 is 1.33. The van der Waals surface area contributed by atoms with Crippen LogP contribution >= 0.6 is 11.8 Å². The summed E-state index contributed by atoms with van der Waals surface area (Å²) in [5.41, 5.74) is 0. The van der Waals surface area contributed by atoms with Gasteiger partial charge in [0.2, 0.25) is 11.8 Å². The number of carbonyl (C=O) groups excluding carboxylic acids is 2. The fourth-order valence-corrected chi connectivity index (χ4v) is 2.00. The van der Waals surface area contributed by atoms with E-state index in [9.17, 15) is 22.8 Å². The summed E-state index contributed by atoms with van der Waals surface area (Å²) < 4.78 is 35.7. The molecule has 0 aromatic carbocycles. The first-order valence-electron chi connectivity index (χ1n) is 4.67. The van der Waals surface area contributed by atoms with E-state index in [-0.39, 0.29) is 18.2 Å². The first-order valence-corrected chi connectivity index (χ1v) is 5.83. The Hall–Kier alpha value is -0.960. The zero-order chi connectivity index (χ0) is 13.1. The van der Waals surface area contributed by atoms with Crippen molar-refractivity contribution in [1.29, 1.82) is 0 Å². The van der Waals surface area contributed by atoms with E-state index in [1.54, 1.807) is 0 Å². The van der Waals surface area contributed by atoms with Crippen LogP contribution in [0.1, 0.15) is 0 Å². The third-order valence-corrected chi connectivity index (χ3v) is 2.98. The standard InChI is InChI=1S/C8H11F3N2O3S/c9-8(10,11)5(14)1-12-6(15)2-13-4-17-3-7(13)16/h5,14H,1-4H2,(H,12,15). The van der Waals surface area contributed by atoms with E-state index in [1.165, 1.54) is 16.7 Å². The molecule has 2 N–H and O–H groups in total. The number of nitrogens with one attached hydrogen (secondary N) is 1. The van der Waals surface area contributed by atoms with Gasteiger partial charge in [0.1, 0.15) is 6.54 Å². The summed E-state index contributed by atoms with van der Waals surface area (Å²) in [6.45, 7) is -1.19. The highest BCUT2D eigenvalue weighted by Crippen LogP contribution is 2.19. The fraction of sp³-hybridized carbons (Fsp3) is 0.750. The number of aliphatic hydroxyl groups is 1. The minimum Gasteiger partial charge on any atom is -0.382 e. The van der Waals surface area contributed by atoms with Crippen molar-refractivity contribution in [3.8, 4) is 0 Å². The molecular weight excluding hydrogens is 261 g/mol. The lowest BCUT2D eigenvalue weighted by atomic mass is 10.3. The van der Waals surface area contributed by atoms with Gasteiger partial charge < -0.3 is 15.3 Å². The van der Waals surface area contributed by atoms with E-state index in [0.29, 0.717) is 5.88 Å². The van der Waals surface area contributed by atoms with Gasteiger partial charge in [-0.1, -0.05) is 0 Å². The number of thioether (sulfide) groups is 1. The normalized spacial score (nSPS) is 18.4. The van der Waals surface area contributed by atoms with Crippen LogP contribution in [0.5, 0.6) is 0 Å². The number of nitrogens with zero attached hydrogens (tertiary/aromatic N) is 1. The van der Waals surface area contributed by atoms with Gasteiger partial charge in [-0.2, -0.15) is 13.2 Å². The van der Waals surface area contributed by atoms with Crippen molar-refractivity contribution in [2.24, 2.45) is 0 Å². The molecule has 0 radical (unpaired) electrons. The van der Waals surface area contributed by atoms with Gasteiger partial charge >= 0.3 is 6.18 Å². The molecule has 1 aliphatic rings. The maximum Gasteiger partial charge on any atom is 0.416 e. The third-order valence-electron chi connectivity index (χ3n) is 2.03. The second kappa shape index (κ2) is 5.58. The topological polar surface area (TPSA) is 69.6 Å². The van der Waals surface area contributed by atoms with Gasteiger partial charge in [0.25, 0.3) is 0 Å². The highest BCUT2D eigenvalue weighted by atomic mass is 32.2. The summed E-state index contributed by atoms with van der Waals surface area (Å²) in [4.78, 5) is 23.5. The van der Waals surface area contributed by atoms with Crippen LogP contribution in [0.4, 0.5) is 13.2 Å². The molecule has 1 saturated heterocycles. The number of hydrogen-bond donors (Lipinski definition) is 2. The van der Waals surface area contributed by atoms with E-state index in [4.69, 9.17) is 5.11 Å². The first-order chi connectivity index (χ1) is 7.80. The van der Waals surface area contributed by atoms with Crippen molar-refractivity contribution in [1.82, 2.24) is 10.2 Å². The van der Waals surface area contributed by atoms with Crippen molar-refractivity contribution in [3.05, 3.63) is 0 Å². The second-order valence-corrected chi connectivity index (χ2v) is 4.39. The molecule has 9 heteroatoms. The van der Waals surface area contributed by atoms with E-state index in [0.717, 1.165) is 0 Å². The molecule has 0 aromatic rings. The van der Waals surface area contributed by atoms with Crippen LogP contribution in [-0.2, 0) is 9.59 Å². The molecule has 5 nitrogen and oxygen atoms in total. The van der Waals surface area contributed by atoms with Crippen LogP contribution in [0.15, 0.2) is 0 Å². The number of aliphatic hydroxyl groups excluding tert-OH is 1. The quantitative estimate of drug-likeness (QED) is 0.728. The van der Waals surface area contributed by atoms with Crippen molar-refractivity contribution in [2.45, 2.75) is 12.3 Å². The largest absolute Gasteiger partial charge is 0.416 e. The molecule has 0 saturated carbocycles. The molecule has 0 aliphatic carbocycles. The molecule has 1 heterocycles. The minimum absolute atomic E-state index is 0.221. The zero-order valence-corrected chi connectivity index (χ0v) is 9.48. The van der Waals surface area contributed by atoms with Crippen LogP contribution < -0.4 is 5.32 Å². The third kappa shape index (κ3) is 4.43. The maximum atomic E-state index is 11.9. The lowest BCUT2D eigenvalue weighted by molar-refractivity contribution is -0.201. The Morgan fingerprint density at radius 1 is 1.59 bits per heavy atom. The summed E-state index contributed by atoms with van der Waals surface area (Å²) in [7, 11) is 0. The average molecular weight is 272 g/mol. The fourth-order valence-electron chi connectivity index (χ4n) is 1.10. The molecule has 1 atom stereocenters. The van der Waals surface area contributed by atoms with Gasteiger partial charge in [0.05, 0.1) is 18.2 Å². The Labute approximate surface area is 99.3 Å². The molecule has 1 unspecified atom stereocenters. The molecular formula is C8H11F3N2O3S. The Morgan fingerprint density at radius 2 is 2.24 bits per heavy atom. The second-order valence-electron chi connectivity index (χ2n) is 3.43. The van der Waals surface area contributed by atoms with Gasteiger partial charge in [-0.25, -0.2) is 0 Å². The number of hydrogen-bond acceptors (Lipinski definition) is 4. The molecule has 1 rings (SSSR count). The highest BCUT2D eigenvalue weighted by Gasteiger charge is 2.38. The number of alkyl halides is 3. The number of halogens is 3. The lowest BCUT2D eigenvalue weighted by Crippen LogP contribution is -2.44. The Morgan fingerprint density at radius 3 is 2.71 bits per heavy atom. The van der Waals surface area contributed by atoms with Crippen molar-refractivity contribution in [3.63, 3.8) is 0 Å². The Kier molecular flexibility index (Phi) is 4.63. The molecule has 0 spiro atoms. The van der Waals surface area contributed by atoms with Crippen molar-refractivity contribution in [2.75, 3.05) is 24.7 Å². The van der Waals surface area contributed by atoms with Crippen LogP contribution in [-0.4, -0.2) is 58.8 Å². The summed E-state index contributed by atoms with van der Waals surface area (Å²) in [5, 5.41) is 10.5. The smallest absolute Gasteiger partial charge is 0.382 e. The van der Waals surface area contributed by atoms with E-state index in [2.05, 4.69) is 0 Å². The van der Waals surface area contributed by atoms with Gasteiger partial charge in [-0.05, 0) is 0 Å². The molecule has 98 valence electrons. The maximum absolute atomic E-state index is 11.9. The van der Waals surface area contributed by atoms with Crippen LogP contribution in [0.3, 0.4) is 0 Å². The van der Waals surface area contributed by atoms with E-state index < -0.39 is 24.7 Å². The predicted molar refractivity (Wildman–Crippen MR) is 54.1 cm³/mol. The van der Waals surface area contributed by atoms with Crippen LogP contribution in [0.2, 0.25) is 0 Å². The number of rotatable bonds is 4. The van der Waals surface area contributed by atoms with Crippen molar-refractivity contribution < 1.29 is 27.9 Å². The van der Waals surface area contributed by atoms with E-state index in [1.807, 2.05) is 5.32 Å². The summed E-state index contributed by atoms with van der Waals surface area (Å²) in [6.07, 6.45) is -7.35. The zero-order valence-electron chi connectivity index (χ0n) is 8.66. The molecule has 1 aliphatic heterocycles. The van der Waals surface area contributed by atoms with Gasteiger partial charge in [0, 0.05) is 0 Å². The SMILES string of the molecule is O=C(CN1CSCC1=O)NCC(O)C(F)(F)F. The van der Waals surface area contributed by atoms with Gasteiger partial charge in [-0.3, -0.25) is 9.59 Å². The van der Waals surface area contributed by atoms with E-state index >= 15 is 0 Å². The predicted octanol–water partition coefficient (Wildman–Crippen LogP) is -0.441. The number of amides is 2. The minimum atomic E-state index is -4.76. The average Bonchev–Trinajstić information content (AvgIpc) is 2.59. The molecule has 17 heavy (non-hydrogen) atoms.